The SMILES string of the molecule is O=[N+]([O-])c1ccc(NCCCN(CCO)CCO)cc1. The minimum Gasteiger partial charge on any atom is -0.395 e. The van der Waals surface area contributed by atoms with Gasteiger partial charge in [0, 0.05) is 37.5 Å². The van der Waals surface area contributed by atoms with Crippen molar-refractivity contribution in [3.8, 4) is 0 Å². The molecule has 0 aliphatic carbocycles. The molecule has 0 saturated carbocycles. The van der Waals surface area contributed by atoms with Crippen LogP contribution < -0.4 is 5.32 Å². The minimum absolute atomic E-state index is 0.0765. The van der Waals surface area contributed by atoms with Crippen LogP contribution >= 0.6 is 0 Å². The summed E-state index contributed by atoms with van der Waals surface area (Å²) in [5.41, 5.74) is 0.916. The molecule has 0 amide bonds. The fraction of sp³-hybridized carbons (Fsp3) is 0.538. The molecule has 3 N–H and O–H groups in total. The standard InChI is InChI=1S/C13H21N3O4/c17-10-8-15(9-11-18)7-1-6-14-12-2-4-13(5-3-12)16(19)20/h2-5,14,17-18H,1,6-11H2. The number of benzene rings is 1. The van der Waals surface area contributed by atoms with Crippen LogP contribution in [-0.4, -0.2) is 59.4 Å². The number of nitrogens with one attached hydrogen (secondary N) is 1. The molecule has 1 aromatic rings. The summed E-state index contributed by atoms with van der Waals surface area (Å²) in [4.78, 5) is 12.1. The van der Waals surface area contributed by atoms with Crippen LogP contribution in [0.1, 0.15) is 6.42 Å². The summed E-state index contributed by atoms with van der Waals surface area (Å²) in [7, 11) is 0. The predicted molar refractivity (Wildman–Crippen MR) is 76.8 cm³/mol. The molecule has 0 saturated heterocycles. The summed E-state index contributed by atoms with van der Waals surface area (Å²) in [5.74, 6) is 0. The maximum Gasteiger partial charge on any atom is 0.269 e. The molecule has 1 rings (SSSR count). The van der Waals surface area contributed by atoms with Crippen molar-refractivity contribution in [3.05, 3.63) is 34.4 Å². The molecule has 20 heavy (non-hydrogen) atoms. The molecule has 1 aromatic carbocycles. The molecule has 0 radical (unpaired) electrons. The summed E-state index contributed by atoms with van der Waals surface area (Å²) in [6, 6.07) is 6.28. The molecule has 0 aliphatic heterocycles. The van der Waals surface area contributed by atoms with Gasteiger partial charge in [-0.2, -0.15) is 0 Å². The molecule has 0 heterocycles. The van der Waals surface area contributed by atoms with Crippen LogP contribution in [0, 0.1) is 10.1 Å². The number of rotatable bonds is 10. The molecule has 0 fully saturated rings. The quantitative estimate of drug-likeness (QED) is 0.332. The van der Waals surface area contributed by atoms with E-state index in [0.29, 0.717) is 13.1 Å². The third-order valence-corrected chi connectivity index (χ3v) is 2.89. The topological polar surface area (TPSA) is 98.9 Å². The first-order valence-corrected chi connectivity index (χ1v) is 6.59. The Morgan fingerprint density at radius 1 is 1.10 bits per heavy atom. The van der Waals surface area contributed by atoms with Crippen LogP contribution in [0.15, 0.2) is 24.3 Å². The van der Waals surface area contributed by atoms with Crippen LogP contribution in [0.3, 0.4) is 0 Å². The number of aliphatic hydroxyl groups is 2. The highest BCUT2D eigenvalue weighted by Gasteiger charge is 2.04. The van der Waals surface area contributed by atoms with Crippen LogP contribution in [0.5, 0.6) is 0 Å². The van der Waals surface area contributed by atoms with E-state index in [0.717, 1.165) is 25.2 Å². The predicted octanol–water partition coefficient (Wildman–Crippen LogP) is 0.683. The average Bonchev–Trinajstić information content (AvgIpc) is 2.44. The molecule has 0 atom stereocenters. The molecular formula is C13H21N3O4. The van der Waals surface area contributed by atoms with Crippen molar-refractivity contribution in [2.24, 2.45) is 0 Å². The molecule has 0 spiro atoms. The monoisotopic (exact) mass is 283 g/mol. The smallest absolute Gasteiger partial charge is 0.269 e. The number of anilines is 1. The van der Waals surface area contributed by atoms with Gasteiger partial charge in [0.05, 0.1) is 18.1 Å². The molecule has 112 valence electrons. The summed E-state index contributed by atoms with van der Waals surface area (Å²) in [6.45, 7) is 2.77. The zero-order valence-corrected chi connectivity index (χ0v) is 11.4. The van der Waals surface area contributed by atoms with Crippen molar-refractivity contribution < 1.29 is 15.1 Å². The number of hydrogen-bond acceptors (Lipinski definition) is 6. The fourth-order valence-electron chi connectivity index (χ4n) is 1.85. The Hall–Kier alpha value is -1.70. The van der Waals surface area contributed by atoms with Crippen molar-refractivity contribution >= 4 is 11.4 Å². The molecule has 0 aromatic heterocycles. The van der Waals surface area contributed by atoms with Crippen LogP contribution in [0.4, 0.5) is 11.4 Å². The third kappa shape index (κ3) is 5.96. The Morgan fingerprint density at radius 2 is 1.70 bits per heavy atom. The number of nitrogens with zero attached hydrogens (tertiary/aromatic N) is 2. The molecule has 0 aliphatic rings. The third-order valence-electron chi connectivity index (χ3n) is 2.89. The largest absolute Gasteiger partial charge is 0.395 e. The Balaban J connectivity index is 2.27. The summed E-state index contributed by atoms with van der Waals surface area (Å²) >= 11 is 0. The highest BCUT2D eigenvalue weighted by atomic mass is 16.6. The zero-order chi connectivity index (χ0) is 14.8. The van der Waals surface area contributed by atoms with E-state index in [1.54, 1.807) is 12.1 Å². The maximum absolute atomic E-state index is 10.5. The first kappa shape index (κ1) is 16.4. The number of aliphatic hydroxyl groups excluding tert-OH is 2. The van der Waals surface area contributed by atoms with Gasteiger partial charge in [-0.05, 0) is 25.1 Å². The summed E-state index contributed by atoms with van der Waals surface area (Å²) in [6.07, 6.45) is 0.858. The second-order valence-corrected chi connectivity index (χ2v) is 4.37. The lowest BCUT2D eigenvalue weighted by Gasteiger charge is -2.20. The van der Waals surface area contributed by atoms with Crippen molar-refractivity contribution in [3.63, 3.8) is 0 Å². The molecule has 0 bridgehead atoms. The van der Waals surface area contributed by atoms with Crippen molar-refractivity contribution in [2.75, 3.05) is 44.7 Å². The van der Waals surface area contributed by atoms with E-state index in [1.165, 1.54) is 12.1 Å². The van der Waals surface area contributed by atoms with Gasteiger partial charge in [0.1, 0.15) is 0 Å². The van der Waals surface area contributed by atoms with Crippen LogP contribution in [0.25, 0.3) is 0 Å². The van der Waals surface area contributed by atoms with Gasteiger partial charge in [-0.15, -0.1) is 0 Å². The lowest BCUT2D eigenvalue weighted by molar-refractivity contribution is -0.384. The number of hydrogen-bond donors (Lipinski definition) is 3. The first-order valence-electron chi connectivity index (χ1n) is 6.59. The molecular weight excluding hydrogens is 262 g/mol. The Bertz CT molecular complexity index is 391. The van der Waals surface area contributed by atoms with E-state index in [2.05, 4.69) is 5.32 Å². The van der Waals surface area contributed by atoms with E-state index in [9.17, 15) is 10.1 Å². The Kier molecular flexibility index (Phi) is 7.56. The van der Waals surface area contributed by atoms with Crippen molar-refractivity contribution in [1.29, 1.82) is 0 Å². The van der Waals surface area contributed by atoms with Crippen LogP contribution in [0.2, 0.25) is 0 Å². The van der Waals surface area contributed by atoms with E-state index in [-0.39, 0.29) is 18.9 Å². The normalized spacial score (nSPS) is 10.8. The second-order valence-electron chi connectivity index (χ2n) is 4.37. The second kappa shape index (κ2) is 9.24. The molecule has 7 heteroatoms. The lowest BCUT2D eigenvalue weighted by atomic mass is 10.2. The van der Waals surface area contributed by atoms with Gasteiger partial charge in [0.15, 0.2) is 0 Å². The highest BCUT2D eigenvalue weighted by molar-refractivity contribution is 5.48. The number of non-ortho nitro benzene ring substituents is 1. The van der Waals surface area contributed by atoms with Gasteiger partial charge in [-0.3, -0.25) is 15.0 Å². The van der Waals surface area contributed by atoms with Crippen molar-refractivity contribution in [2.45, 2.75) is 6.42 Å². The van der Waals surface area contributed by atoms with Gasteiger partial charge in [-0.25, -0.2) is 0 Å². The average molecular weight is 283 g/mol. The van der Waals surface area contributed by atoms with E-state index in [1.807, 2.05) is 4.90 Å². The lowest BCUT2D eigenvalue weighted by Crippen LogP contribution is -2.31. The summed E-state index contributed by atoms with van der Waals surface area (Å²) < 4.78 is 0. The van der Waals surface area contributed by atoms with E-state index in [4.69, 9.17) is 10.2 Å². The van der Waals surface area contributed by atoms with E-state index >= 15 is 0 Å². The summed E-state index contributed by atoms with van der Waals surface area (Å²) in [5, 5.41) is 31.4. The molecule has 0 unspecified atom stereocenters. The van der Waals surface area contributed by atoms with Gasteiger partial charge < -0.3 is 15.5 Å². The van der Waals surface area contributed by atoms with Gasteiger partial charge >= 0.3 is 0 Å². The fourth-order valence-corrected chi connectivity index (χ4v) is 1.85. The van der Waals surface area contributed by atoms with Gasteiger partial charge in [0.25, 0.3) is 5.69 Å². The number of nitro groups is 1. The number of nitro benzene ring substituents is 1. The van der Waals surface area contributed by atoms with E-state index < -0.39 is 4.92 Å². The van der Waals surface area contributed by atoms with Gasteiger partial charge in [-0.1, -0.05) is 0 Å². The maximum atomic E-state index is 10.5. The van der Waals surface area contributed by atoms with Crippen LogP contribution in [-0.2, 0) is 0 Å². The molecule has 7 nitrogen and oxygen atoms in total. The Morgan fingerprint density at radius 3 is 2.20 bits per heavy atom. The van der Waals surface area contributed by atoms with Crippen molar-refractivity contribution in [1.82, 2.24) is 4.90 Å². The van der Waals surface area contributed by atoms with Gasteiger partial charge in [0.2, 0.25) is 0 Å². The minimum atomic E-state index is -0.425. The zero-order valence-electron chi connectivity index (χ0n) is 11.4. The first-order chi connectivity index (χ1) is 9.67. The highest BCUT2D eigenvalue weighted by Crippen LogP contribution is 2.15. The Labute approximate surface area is 118 Å².